The quantitative estimate of drug-likeness (QED) is 0.681. The third-order valence-electron chi connectivity index (χ3n) is 4.46. The first-order chi connectivity index (χ1) is 8.00. The Morgan fingerprint density at radius 2 is 2.00 bits per heavy atom. The number of aliphatic hydroxyl groups excluding tert-OH is 1. The Morgan fingerprint density at radius 3 is 2.53 bits per heavy atom. The third-order valence-corrected chi connectivity index (χ3v) is 4.46. The van der Waals surface area contributed by atoms with E-state index in [4.69, 9.17) is 0 Å². The van der Waals surface area contributed by atoms with Crippen LogP contribution in [-0.4, -0.2) is 35.7 Å². The van der Waals surface area contributed by atoms with Crippen molar-refractivity contribution in [2.24, 2.45) is 5.41 Å². The fourth-order valence-electron chi connectivity index (χ4n) is 2.76. The zero-order valence-electron chi connectivity index (χ0n) is 10.8. The first-order valence-electron chi connectivity index (χ1n) is 6.71. The minimum Gasteiger partial charge on any atom is -0.392 e. The Kier molecular flexibility index (Phi) is 3.73. The summed E-state index contributed by atoms with van der Waals surface area (Å²) in [5.41, 5.74) is -0.178. The van der Waals surface area contributed by atoms with Crippen LogP contribution in [0.2, 0.25) is 0 Å². The highest BCUT2D eigenvalue weighted by Gasteiger charge is 2.47. The number of amides is 1. The number of nitrogens with one attached hydrogen (secondary N) is 2. The molecule has 0 aromatic heterocycles. The van der Waals surface area contributed by atoms with Gasteiger partial charge >= 0.3 is 0 Å². The van der Waals surface area contributed by atoms with Crippen molar-refractivity contribution in [3.05, 3.63) is 0 Å². The van der Waals surface area contributed by atoms with E-state index < -0.39 is 0 Å². The molecule has 0 bridgehead atoms. The summed E-state index contributed by atoms with van der Waals surface area (Å²) in [7, 11) is 0. The highest BCUT2D eigenvalue weighted by Crippen LogP contribution is 2.40. The maximum Gasteiger partial charge on any atom is 0.234 e. The molecule has 98 valence electrons. The molecule has 2 rings (SSSR count). The lowest BCUT2D eigenvalue weighted by molar-refractivity contribution is -0.128. The van der Waals surface area contributed by atoms with Crippen LogP contribution in [0, 0.1) is 5.41 Å². The zero-order valence-corrected chi connectivity index (χ0v) is 10.8. The monoisotopic (exact) mass is 240 g/mol. The van der Waals surface area contributed by atoms with Gasteiger partial charge in [0.2, 0.25) is 5.91 Å². The van der Waals surface area contributed by atoms with Crippen LogP contribution in [0.15, 0.2) is 0 Å². The number of rotatable bonds is 4. The largest absolute Gasteiger partial charge is 0.392 e. The summed E-state index contributed by atoms with van der Waals surface area (Å²) in [6, 6.07) is 0.649. The van der Waals surface area contributed by atoms with E-state index in [1.54, 1.807) is 0 Å². The van der Waals surface area contributed by atoms with E-state index in [0.29, 0.717) is 19.0 Å². The molecule has 0 spiro atoms. The topological polar surface area (TPSA) is 61.4 Å². The SMILES string of the molecule is CC1(C)C(O)CC1NC(=O)CNC1CCCC1. The van der Waals surface area contributed by atoms with Crippen LogP contribution in [0.4, 0.5) is 0 Å². The van der Waals surface area contributed by atoms with Gasteiger partial charge in [-0.1, -0.05) is 26.7 Å². The van der Waals surface area contributed by atoms with E-state index >= 15 is 0 Å². The molecule has 2 unspecified atom stereocenters. The van der Waals surface area contributed by atoms with E-state index in [2.05, 4.69) is 10.6 Å². The number of aliphatic hydroxyl groups is 1. The van der Waals surface area contributed by atoms with Crippen LogP contribution in [0.1, 0.15) is 46.0 Å². The molecular weight excluding hydrogens is 216 g/mol. The minimum absolute atomic E-state index is 0.0573. The highest BCUT2D eigenvalue weighted by molar-refractivity contribution is 5.78. The predicted octanol–water partition coefficient (Wildman–Crippen LogP) is 0.794. The van der Waals surface area contributed by atoms with Crippen molar-refractivity contribution in [1.82, 2.24) is 10.6 Å². The maximum absolute atomic E-state index is 11.7. The molecular formula is C13H24N2O2. The predicted molar refractivity (Wildman–Crippen MR) is 66.6 cm³/mol. The van der Waals surface area contributed by atoms with Crippen molar-refractivity contribution in [3.8, 4) is 0 Å². The van der Waals surface area contributed by atoms with E-state index in [1.807, 2.05) is 13.8 Å². The normalized spacial score (nSPS) is 32.2. The van der Waals surface area contributed by atoms with E-state index in [1.165, 1.54) is 25.7 Å². The fourth-order valence-corrected chi connectivity index (χ4v) is 2.76. The van der Waals surface area contributed by atoms with Gasteiger partial charge in [-0.3, -0.25) is 4.79 Å². The van der Waals surface area contributed by atoms with Gasteiger partial charge in [-0.2, -0.15) is 0 Å². The Labute approximate surface area is 103 Å². The molecule has 0 saturated heterocycles. The summed E-state index contributed by atoms with van der Waals surface area (Å²) < 4.78 is 0. The molecule has 2 fully saturated rings. The molecule has 2 aliphatic rings. The first kappa shape index (κ1) is 12.8. The molecule has 0 aromatic carbocycles. The minimum atomic E-state index is -0.282. The van der Waals surface area contributed by atoms with Gasteiger partial charge in [0, 0.05) is 17.5 Å². The number of carbonyl (C=O) groups is 1. The van der Waals surface area contributed by atoms with Crippen molar-refractivity contribution in [2.45, 2.75) is 64.1 Å². The average Bonchev–Trinajstić information content (AvgIpc) is 2.79. The lowest BCUT2D eigenvalue weighted by Crippen LogP contribution is -2.62. The van der Waals surface area contributed by atoms with Crippen molar-refractivity contribution in [3.63, 3.8) is 0 Å². The highest BCUT2D eigenvalue weighted by atomic mass is 16.3. The van der Waals surface area contributed by atoms with Crippen molar-refractivity contribution >= 4 is 5.91 Å². The second-order valence-electron chi connectivity index (χ2n) is 6.06. The lowest BCUT2D eigenvalue weighted by atomic mass is 9.64. The molecule has 17 heavy (non-hydrogen) atoms. The second kappa shape index (κ2) is 4.94. The third kappa shape index (κ3) is 2.80. The van der Waals surface area contributed by atoms with E-state index in [9.17, 15) is 9.90 Å². The van der Waals surface area contributed by atoms with Crippen LogP contribution in [-0.2, 0) is 4.79 Å². The van der Waals surface area contributed by atoms with Gasteiger partial charge in [0.15, 0.2) is 0 Å². The Morgan fingerprint density at radius 1 is 1.35 bits per heavy atom. The standard InChI is InChI=1S/C13H24N2O2/c1-13(2)10(7-11(13)16)15-12(17)8-14-9-5-3-4-6-9/h9-11,14,16H,3-8H2,1-2H3,(H,15,17). The van der Waals surface area contributed by atoms with E-state index in [-0.39, 0.29) is 23.5 Å². The van der Waals surface area contributed by atoms with Crippen LogP contribution in [0.3, 0.4) is 0 Å². The van der Waals surface area contributed by atoms with Crippen molar-refractivity contribution in [1.29, 1.82) is 0 Å². The zero-order chi connectivity index (χ0) is 12.5. The number of hydrogen-bond donors (Lipinski definition) is 3. The molecule has 0 radical (unpaired) electrons. The first-order valence-corrected chi connectivity index (χ1v) is 6.71. The van der Waals surface area contributed by atoms with Crippen LogP contribution in [0.25, 0.3) is 0 Å². The van der Waals surface area contributed by atoms with E-state index in [0.717, 1.165) is 0 Å². The van der Waals surface area contributed by atoms with Crippen LogP contribution < -0.4 is 10.6 Å². The van der Waals surface area contributed by atoms with Gasteiger partial charge < -0.3 is 15.7 Å². The molecule has 0 aromatic rings. The molecule has 2 aliphatic carbocycles. The summed E-state index contributed by atoms with van der Waals surface area (Å²) in [5, 5.41) is 15.9. The lowest BCUT2D eigenvalue weighted by Gasteiger charge is -2.49. The Bertz CT molecular complexity index is 285. The molecule has 3 N–H and O–H groups in total. The average molecular weight is 240 g/mol. The summed E-state index contributed by atoms with van der Waals surface area (Å²) in [5.74, 6) is 0.0573. The fraction of sp³-hybridized carbons (Fsp3) is 0.923. The van der Waals surface area contributed by atoms with Gasteiger partial charge in [0.1, 0.15) is 0 Å². The summed E-state index contributed by atoms with van der Waals surface area (Å²) in [6.07, 6.45) is 5.35. The number of carbonyl (C=O) groups excluding carboxylic acids is 1. The molecule has 4 heteroatoms. The smallest absolute Gasteiger partial charge is 0.234 e. The van der Waals surface area contributed by atoms with Crippen LogP contribution >= 0.6 is 0 Å². The Hall–Kier alpha value is -0.610. The molecule has 0 aliphatic heterocycles. The summed E-state index contributed by atoms with van der Waals surface area (Å²) in [4.78, 5) is 11.7. The Balaban J connectivity index is 1.67. The van der Waals surface area contributed by atoms with Gasteiger partial charge in [0.25, 0.3) is 0 Å². The van der Waals surface area contributed by atoms with Gasteiger partial charge in [-0.05, 0) is 19.3 Å². The maximum atomic E-state index is 11.7. The van der Waals surface area contributed by atoms with Crippen molar-refractivity contribution < 1.29 is 9.90 Å². The molecule has 4 nitrogen and oxygen atoms in total. The van der Waals surface area contributed by atoms with Gasteiger partial charge in [-0.25, -0.2) is 0 Å². The van der Waals surface area contributed by atoms with Crippen LogP contribution in [0.5, 0.6) is 0 Å². The summed E-state index contributed by atoms with van der Waals surface area (Å²) >= 11 is 0. The molecule has 1 amide bonds. The molecule has 0 heterocycles. The van der Waals surface area contributed by atoms with Gasteiger partial charge in [0.05, 0.1) is 12.6 Å². The number of hydrogen-bond acceptors (Lipinski definition) is 3. The second-order valence-corrected chi connectivity index (χ2v) is 6.06. The molecule has 2 saturated carbocycles. The van der Waals surface area contributed by atoms with Crippen molar-refractivity contribution in [2.75, 3.05) is 6.54 Å². The molecule has 2 atom stereocenters. The summed E-state index contributed by atoms with van der Waals surface area (Å²) in [6.45, 7) is 4.40. The van der Waals surface area contributed by atoms with Gasteiger partial charge in [-0.15, -0.1) is 0 Å².